The summed E-state index contributed by atoms with van der Waals surface area (Å²) in [6, 6.07) is 7.07. The summed E-state index contributed by atoms with van der Waals surface area (Å²) >= 11 is 0. The van der Waals surface area contributed by atoms with Gasteiger partial charge in [0, 0.05) is 29.4 Å². The molecule has 2 aliphatic rings. The molecule has 1 aromatic heterocycles. The third-order valence-electron chi connectivity index (χ3n) is 4.45. The Morgan fingerprint density at radius 1 is 1.35 bits per heavy atom. The van der Waals surface area contributed by atoms with E-state index in [1.54, 1.807) is 4.90 Å². The SMILES string of the molecule is O=C(O)[C@@H]1Cc2c([nH]c3ccccc23)C2CCC(=O)N21. The molecule has 1 amide bonds. The Balaban J connectivity index is 1.94. The summed E-state index contributed by atoms with van der Waals surface area (Å²) in [5.74, 6) is -0.965. The molecule has 4 rings (SSSR count). The van der Waals surface area contributed by atoms with Crippen LogP contribution in [0, 0.1) is 0 Å². The van der Waals surface area contributed by atoms with E-state index in [9.17, 15) is 14.7 Å². The second-order valence-electron chi connectivity index (χ2n) is 5.48. The van der Waals surface area contributed by atoms with Crippen molar-refractivity contribution in [1.82, 2.24) is 9.88 Å². The number of para-hydroxylation sites is 1. The van der Waals surface area contributed by atoms with Crippen molar-refractivity contribution in [3.05, 3.63) is 35.5 Å². The molecule has 1 unspecified atom stereocenters. The number of aromatic nitrogens is 1. The summed E-state index contributed by atoms with van der Waals surface area (Å²) in [6.45, 7) is 0. The number of carboxylic acid groups (broad SMARTS) is 1. The predicted octanol–water partition coefficient (Wildman–Crippen LogP) is 1.84. The summed E-state index contributed by atoms with van der Waals surface area (Å²) in [5, 5.41) is 10.5. The first-order chi connectivity index (χ1) is 9.66. The average molecular weight is 270 g/mol. The van der Waals surface area contributed by atoms with Crippen LogP contribution in [-0.4, -0.2) is 32.9 Å². The van der Waals surface area contributed by atoms with E-state index in [1.807, 2.05) is 24.3 Å². The number of fused-ring (bicyclic) bond motifs is 5. The minimum absolute atomic E-state index is 0.0493. The van der Waals surface area contributed by atoms with Gasteiger partial charge < -0.3 is 15.0 Å². The van der Waals surface area contributed by atoms with E-state index in [0.717, 1.165) is 22.2 Å². The number of nitrogens with zero attached hydrogens (tertiary/aromatic N) is 1. The maximum absolute atomic E-state index is 12.0. The molecule has 2 aromatic rings. The Morgan fingerprint density at radius 3 is 2.95 bits per heavy atom. The lowest BCUT2D eigenvalue weighted by molar-refractivity contribution is -0.150. The summed E-state index contributed by atoms with van der Waals surface area (Å²) in [5.41, 5.74) is 3.10. The fraction of sp³-hybridized carbons (Fsp3) is 0.333. The van der Waals surface area contributed by atoms with Gasteiger partial charge in [0.25, 0.3) is 0 Å². The van der Waals surface area contributed by atoms with Crippen molar-refractivity contribution in [2.45, 2.75) is 31.3 Å². The quantitative estimate of drug-likeness (QED) is 0.830. The fourth-order valence-corrected chi connectivity index (χ4v) is 3.60. The molecule has 1 aromatic carbocycles. The minimum atomic E-state index is -0.916. The Morgan fingerprint density at radius 2 is 2.15 bits per heavy atom. The van der Waals surface area contributed by atoms with Crippen molar-refractivity contribution < 1.29 is 14.7 Å². The largest absolute Gasteiger partial charge is 0.480 e. The molecule has 0 aliphatic carbocycles. The summed E-state index contributed by atoms with van der Waals surface area (Å²) < 4.78 is 0. The van der Waals surface area contributed by atoms with E-state index in [2.05, 4.69) is 4.98 Å². The Labute approximate surface area is 115 Å². The zero-order chi connectivity index (χ0) is 13.9. The number of hydrogen-bond acceptors (Lipinski definition) is 2. The van der Waals surface area contributed by atoms with E-state index in [1.165, 1.54) is 0 Å². The molecule has 2 atom stereocenters. The Bertz CT molecular complexity index is 734. The number of carbonyl (C=O) groups excluding carboxylic acids is 1. The second-order valence-corrected chi connectivity index (χ2v) is 5.48. The molecular weight excluding hydrogens is 256 g/mol. The highest BCUT2D eigenvalue weighted by Gasteiger charge is 2.45. The topological polar surface area (TPSA) is 73.4 Å². The van der Waals surface area contributed by atoms with E-state index in [0.29, 0.717) is 19.3 Å². The molecule has 1 saturated heterocycles. The monoisotopic (exact) mass is 270 g/mol. The third-order valence-corrected chi connectivity index (χ3v) is 4.45. The number of carboxylic acids is 1. The van der Waals surface area contributed by atoms with Crippen molar-refractivity contribution in [1.29, 1.82) is 0 Å². The number of hydrogen-bond donors (Lipinski definition) is 2. The molecule has 1 fully saturated rings. The molecule has 2 N–H and O–H groups in total. The fourth-order valence-electron chi connectivity index (χ4n) is 3.60. The number of benzene rings is 1. The number of carbonyl (C=O) groups is 2. The van der Waals surface area contributed by atoms with Crippen LogP contribution in [0.1, 0.15) is 30.1 Å². The second kappa shape index (κ2) is 3.85. The van der Waals surface area contributed by atoms with Crippen molar-refractivity contribution in [3.63, 3.8) is 0 Å². The lowest BCUT2D eigenvalue weighted by Crippen LogP contribution is -2.47. The average Bonchev–Trinajstić information content (AvgIpc) is 2.99. The highest BCUT2D eigenvalue weighted by Crippen LogP contribution is 2.43. The minimum Gasteiger partial charge on any atom is -0.480 e. The van der Waals surface area contributed by atoms with Crippen molar-refractivity contribution in [2.24, 2.45) is 0 Å². The zero-order valence-corrected chi connectivity index (χ0v) is 10.8. The highest BCUT2D eigenvalue weighted by molar-refractivity contribution is 5.91. The van der Waals surface area contributed by atoms with Crippen molar-refractivity contribution in [2.75, 3.05) is 0 Å². The van der Waals surface area contributed by atoms with Gasteiger partial charge in [0.15, 0.2) is 0 Å². The van der Waals surface area contributed by atoms with Crippen LogP contribution in [-0.2, 0) is 16.0 Å². The molecule has 0 radical (unpaired) electrons. The van der Waals surface area contributed by atoms with Gasteiger partial charge in [-0.15, -0.1) is 0 Å². The molecular formula is C15H14N2O3. The van der Waals surface area contributed by atoms with E-state index in [-0.39, 0.29) is 11.9 Å². The first kappa shape index (κ1) is 11.5. The number of rotatable bonds is 1. The molecule has 3 heterocycles. The van der Waals surface area contributed by atoms with Gasteiger partial charge in [0.1, 0.15) is 6.04 Å². The van der Waals surface area contributed by atoms with Gasteiger partial charge in [-0.05, 0) is 18.1 Å². The molecule has 5 nitrogen and oxygen atoms in total. The van der Waals surface area contributed by atoms with Gasteiger partial charge in [-0.1, -0.05) is 18.2 Å². The van der Waals surface area contributed by atoms with Crippen LogP contribution < -0.4 is 0 Å². The zero-order valence-electron chi connectivity index (χ0n) is 10.8. The summed E-state index contributed by atoms with van der Waals surface area (Å²) in [7, 11) is 0. The number of amides is 1. The van der Waals surface area contributed by atoms with Crippen LogP contribution in [0.25, 0.3) is 10.9 Å². The first-order valence-electron chi connectivity index (χ1n) is 6.80. The van der Waals surface area contributed by atoms with Crippen molar-refractivity contribution in [3.8, 4) is 0 Å². The third kappa shape index (κ3) is 1.37. The van der Waals surface area contributed by atoms with Crippen LogP contribution in [0.2, 0.25) is 0 Å². The molecule has 0 bridgehead atoms. The number of H-pyrrole nitrogens is 1. The maximum Gasteiger partial charge on any atom is 0.326 e. The molecule has 2 aliphatic heterocycles. The summed E-state index contributed by atoms with van der Waals surface area (Å²) in [6.07, 6.45) is 1.52. The van der Waals surface area contributed by atoms with Gasteiger partial charge in [-0.3, -0.25) is 4.79 Å². The lowest BCUT2D eigenvalue weighted by Gasteiger charge is -2.35. The number of aliphatic carboxylic acids is 1. The normalized spacial score (nSPS) is 24.8. The van der Waals surface area contributed by atoms with Gasteiger partial charge in [-0.25, -0.2) is 4.79 Å². The van der Waals surface area contributed by atoms with Crippen LogP contribution in [0.4, 0.5) is 0 Å². The van der Waals surface area contributed by atoms with Crippen molar-refractivity contribution >= 4 is 22.8 Å². The smallest absolute Gasteiger partial charge is 0.326 e. The van der Waals surface area contributed by atoms with E-state index in [4.69, 9.17) is 0 Å². The van der Waals surface area contributed by atoms with Crippen LogP contribution in [0.15, 0.2) is 24.3 Å². The number of nitrogens with one attached hydrogen (secondary N) is 1. The predicted molar refractivity (Wildman–Crippen MR) is 72.2 cm³/mol. The van der Waals surface area contributed by atoms with Crippen LogP contribution in [0.3, 0.4) is 0 Å². The maximum atomic E-state index is 12.0. The summed E-state index contributed by atoms with van der Waals surface area (Å²) in [4.78, 5) is 28.4. The van der Waals surface area contributed by atoms with Crippen LogP contribution in [0.5, 0.6) is 0 Å². The molecule has 102 valence electrons. The molecule has 0 saturated carbocycles. The van der Waals surface area contributed by atoms with Gasteiger partial charge >= 0.3 is 5.97 Å². The highest BCUT2D eigenvalue weighted by atomic mass is 16.4. The van der Waals surface area contributed by atoms with E-state index < -0.39 is 12.0 Å². The first-order valence-corrected chi connectivity index (χ1v) is 6.80. The van der Waals surface area contributed by atoms with Crippen LogP contribution >= 0.6 is 0 Å². The standard InChI is InChI=1S/C15H14N2O3/c18-13-6-5-11-14-9(7-12(15(19)20)17(11)13)8-3-1-2-4-10(8)16-14/h1-4,11-12,16H,5-7H2,(H,19,20)/t11?,12-/m0/s1. The molecule has 20 heavy (non-hydrogen) atoms. The van der Waals surface area contributed by atoms with Gasteiger partial charge in [0.05, 0.1) is 6.04 Å². The van der Waals surface area contributed by atoms with E-state index >= 15 is 0 Å². The molecule has 5 heteroatoms. The number of aromatic amines is 1. The lowest BCUT2D eigenvalue weighted by atomic mass is 9.92. The molecule has 0 spiro atoms. The van der Waals surface area contributed by atoms with Gasteiger partial charge in [-0.2, -0.15) is 0 Å². The Hall–Kier alpha value is -2.30. The van der Waals surface area contributed by atoms with Gasteiger partial charge in [0.2, 0.25) is 5.91 Å². The Kier molecular flexibility index (Phi) is 2.22.